The summed E-state index contributed by atoms with van der Waals surface area (Å²) in [6.07, 6.45) is 8.19. The summed E-state index contributed by atoms with van der Waals surface area (Å²) < 4.78 is 25.4. The highest BCUT2D eigenvalue weighted by molar-refractivity contribution is 5.88. The van der Waals surface area contributed by atoms with Gasteiger partial charge in [0.05, 0.1) is 5.92 Å². The van der Waals surface area contributed by atoms with Gasteiger partial charge in [-0.1, -0.05) is 70.2 Å². The normalized spacial score (nSPS) is 20.0. The van der Waals surface area contributed by atoms with Crippen LogP contribution in [0.3, 0.4) is 0 Å². The molecule has 4 nitrogen and oxygen atoms in total. The van der Waals surface area contributed by atoms with Crippen molar-refractivity contribution in [2.45, 2.75) is 84.2 Å². The number of rotatable bonds is 11. The number of esters is 2. The van der Waals surface area contributed by atoms with Crippen LogP contribution in [0.1, 0.15) is 77.7 Å². The van der Waals surface area contributed by atoms with Gasteiger partial charge in [0.2, 0.25) is 5.60 Å². The number of carbonyl (C=O) groups excluding carboxylic acids is 2. The number of unbranched alkanes of at least 4 members (excludes halogenated alkanes) is 4. The zero-order valence-electron chi connectivity index (χ0n) is 20.0. The van der Waals surface area contributed by atoms with E-state index in [2.05, 4.69) is 13.8 Å². The average molecular weight is 455 g/mol. The van der Waals surface area contributed by atoms with Crippen LogP contribution in [0.4, 0.5) is 4.39 Å². The minimum atomic E-state index is -1.26. The third-order valence-corrected chi connectivity index (χ3v) is 6.38. The van der Waals surface area contributed by atoms with Crippen LogP contribution in [0, 0.1) is 11.7 Å². The summed E-state index contributed by atoms with van der Waals surface area (Å²) >= 11 is 0. The van der Waals surface area contributed by atoms with Gasteiger partial charge in [0.15, 0.2) is 0 Å². The van der Waals surface area contributed by atoms with Crippen molar-refractivity contribution in [3.05, 3.63) is 53.8 Å². The smallest absolute Gasteiger partial charge is 0.355 e. The van der Waals surface area contributed by atoms with Gasteiger partial charge < -0.3 is 9.47 Å². The highest BCUT2D eigenvalue weighted by Gasteiger charge is 2.49. The maximum Gasteiger partial charge on any atom is 0.355 e. The Bertz CT molecular complexity index is 953. The predicted molar refractivity (Wildman–Crippen MR) is 127 cm³/mol. The Hall–Kier alpha value is -2.69. The molecule has 33 heavy (non-hydrogen) atoms. The first-order valence-electron chi connectivity index (χ1n) is 12.2. The number of aryl methyl sites for hydroxylation is 1. The monoisotopic (exact) mass is 454 g/mol. The van der Waals surface area contributed by atoms with E-state index in [-0.39, 0.29) is 17.7 Å². The molecule has 2 unspecified atom stereocenters. The molecule has 5 heteroatoms. The zero-order chi connectivity index (χ0) is 23.8. The molecule has 1 fully saturated rings. The Balaban J connectivity index is 1.60. The van der Waals surface area contributed by atoms with Gasteiger partial charge in [-0.3, -0.25) is 4.79 Å². The third-order valence-electron chi connectivity index (χ3n) is 6.38. The highest BCUT2D eigenvalue weighted by Crippen LogP contribution is 2.35. The molecule has 0 amide bonds. The Kier molecular flexibility index (Phi) is 8.65. The number of hydrogen-bond acceptors (Lipinski definition) is 4. The average Bonchev–Trinajstić information content (AvgIpc) is 3.11. The predicted octanol–water partition coefficient (Wildman–Crippen LogP) is 7.03. The molecule has 1 heterocycles. The topological polar surface area (TPSA) is 52.6 Å². The molecule has 1 aliphatic heterocycles. The molecule has 178 valence electrons. The number of hydrogen-bond donors (Lipinski definition) is 0. The van der Waals surface area contributed by atoms with E-state index >= 15 is 0 Å². The molecule has 3 rings (SSSR count). The number of carbonyl (C=O) groups is 2. The van der Waals surface area contributed by atoms with Crippen molar-refractivity contribution < 1.29 is 23.5 Å². The molecule has 0 spiro atoms. The lowest BCUT2D eigenvalue weighted by Gasteiger charge is -2.20. The van der Waals surface area contributed by atoms with Crippen molar-refractivity contribution in [2.75, 3.05) is 0 Å². The van der Waals surface area contributed by atoms with E-state index < -0.39 is 11.6 Å². The van der Waals surface area contributed by atoms with Gasteiger partial charge in [0.1, 0.15) is 11.6 Å². The molecule has 0 aliphatic carbocycles. The molecule has 0 aromatic heterocycles. The first-order chi connectivity index (χ1) is 15.9. The SMILES string of the molecule is CCCCCCc1ccc(-c2ccc(OC(=O)C3(C)CC(CCCC)C(=O)O3)cc2)cc1F. The molecule has 1 saturated heterocycles. The molecule has 1 aliphatic rings. The molecular formula is C28H35FO4. The Morgan fingerprint density at radius 3 is 2.39 bits per heavy atom. The minimum Gasteiger partial charge on any atom is -0.447 e. The summed E-state index contributed by atoms with van der Waals surface area (Å²) in [6, 6.07) is 12.3. The van der Waals surface area contributed by atoms with Gasteiger partial charge in [-0.05, 0) is 61.1 Å². The molecule has 0 bridgehead atoms. The van der Waals surface area contributed by atoms with E-state index in [4.69, 9.17) is 9.47 Å². The van der Waals surface area contributed by atoms with E-state index in [1.54, 1.807) is 37.3 Å². The van der Waals surface area contributed by atoms with Gasteiger partial charge >= 0.3 is 11.9 Å². The van der Waals surface area contributed by atoms with E-state index in [9.17, 15) is 14.0 Å². The van der Waals surface area contributed by atoms with Gasteiger partial charge in [-0.25, -0.2) is 9.18 Å². The fourth-order valence-corrected chi connectivity index (χ4v) is 4.30. The second-order valence-corrected chi connectivity index (χ2v) is 9.23. The standard InChI is InChI=1S/C28H35FO4/c1-4-6-8-9-11-21-12-13-22(18-25(21)29)20-14-16-24(17-15-20)32-27(31)28(3)19-23(10-7-5-2)26(30)33-28/h12-18,23H,4-11,19H2,1-3H3. The quantitative estimate of drug-likeness (QED) is 0.208. The lowest BCUT2D eigenvalue weighted by Crippen LogP contribution is -2.38. The van der Waals surface area contributed by atoms with Crippen LogP contribution in [0.15, 0.2) is 42.5 Å². The minimum absolute atomic E-state index is 0.187. The van der Waals surface area contributed by atoms with Crippen molar-refractivity contribution in [1.82, 2.24) is 0 Å². The maximum atomic E-state index is 14.5. The largest absolute Gasteiger partial charge is 0.447 e. The first-order valence-corrected chi connectivity index (χ1v) is 12.2. The summed E-state index contributed by atoms with van der Waals surface area (Å²) in [4.78, 5) is 24.8. The number of halogens is 1. The number of benzene rings is 2. The summed E-state index contributed by atoms with van der Waals surface area (Å²) in [7, 11) is 0. The van der Waals surface area contributed by atoms with Gasteiger partial charge in [-0.2, -0.15) is 0 Å². The molecule has 2 aromatic rings. The van der Waals surface area contributed by atoms with E-state index in [1.165, 1.54) is 6.42 Å². The fraction of sp³-hybridized carbons (Fsp3) is 0.500. The van der Waals surface area contributed by atoms with Crippen molar-refractivity contribution >= 4 is 11.9 Å². The zero-order valence-corrected chi connectivity index (χ0v) is 20.0. The summed E-state index contributed by atoms with van der Waals surface area (Å²) in [6.45, 7) is 5.84. The Labute approximate surface area is 196 Å². The van der Waals surface area contributed by atoms with Gasteiger partial charge in [0.25, 0.3) is 0 Å². The third kappa shape index (κ3) is 6.43. The van der Waals surface area contributed by atoms with Crippen LogP contribution in [0.5, 0.6) is 5.75 Å². The van der Waals surface area contributed by atoms with E-state index in [0.29, 0.717) is 12.2 Å². The lowest BCUT2D eigenvalue weighted by molar-refractivity contribution is -0.166. The van der Waals surface area contributed by atoms with E-state index in [0.717, 1.165) is 61.6 Å². The second-order valence-electron chi connectivity index (χ2n) is 9.23. The number of cyclic esters (lactones) is 1. The van der Waals surface area contributed by atoms with Gasteiger partial charge in [-0.15, -0.1) is 0 Å². The second kappa shape index (κ2) is 11.4. The molecular weight excluding hydrogens is 419 g/mol. The maximum absolute atomic E-state index is 14.5. The van der Waals surface area contributed by atoms with Crippen LogP contribution in [0.25, 0.3) is 11.1 Å². The molecule has 0 N–H and O–H groups in total. The van der Waals surface area contributed by atoms with Gasteiger partial charge in [0, 0.05) is 6.42 Å². The van der Waals surface area contributed by atoms with E-state index in [1.807, 2.05) is 12.1 Å². The summed E-state index contributed by atoms with van der Waals surface area (Å²) in [5.41, 5.74) is 1.10. The van der Waals surface area contributed by atoms with Crippen molar-refractivity contribution in [1.29, 1.82) is 0 Å². The molecule has 0 saturated carbocycles. The van der Waals surface area contributed by atoms with Crippen molar-refractivity contribution in [3.8, 4) is 16.9 Å². The first kappa shape index (κ1) is 24.9. The van der Waals surface area contributed by atoms with Crippen LogP contribution in [-0.2, 0) is 20.7 Å². The Morgan fingerprint density at radius 1 is 1.03 bits per heavy atom. The summed E-state index contributed by atoms with van der Waals surface area (Å²) in [5, 5.41) is 0. The Morgan fingerprint density at radius 2 is 1.73 bits per heavy atom. The summed E-state index contributed by atoms with van der Waals surface area (Å²) in [5.74, 6) is -0.969. The lowest BCUT2D eigenvalue weighted by atomic mass is 9.92. The van der Waals surface area contributed by atoms with Crippen LogP contribution in [-0.4, -0.2) is 17.5 Å². The number of ether oxygens (including phenoxy) is 2. The molecule has 2 aromatic carbocycles. The van der Waals surface area contributed by atoms with Crippen LogP contribution >= 0.6 is 0 Å². The molecule has 2 atom stereocenters. The molecule has 0 radical (unpaired) electrons. The van der Waals surface area contributed by atoms with Crippen molar-refractivity contribution in [2.24, 2.45) is 5.92 Å². The van der Waals surface area contributed by atoms with Crippen LogP contribution in [0.2, 0.25) is 0 Å². The fourth-order valence-electron chi connectivity index (χ4n) is 4.30. The van der Waals surface area contributed by atoms with Crippen molar-refractivity contribution in [3.63, 3.8) is 0 Å². The van der Waals surface area contributed by atoms with Crippen LogP contribution < -0.4 is 4.74 Å². The highest BCUT2D eigenvalue weighted by atomic mass is 19.1.